The second-order valence-electron chi connectivity index (χ2n) is 7.16. The van der Waals surface area contributed by atoms with Gasteiger partial charge in [-0.1, -0.05) is 11.2 Å². The molecule has 1 aliphatic heterocycles. The zero-order valence-corrected chi connectivity index (χ0v) is 16.9. The quantitative estimate of drug-likeness (QED) is 0.692. The number of benzene rings is 1. The number of carbonyl (C=O) groups excluding carboxylic acids is 1. The first-order valence-electron chi connectivity index (χ1n) is 9.47. The fourth-order valence-corrected chi connectivity index (χ4v) is 3.72. The molecule has 1 amide bonds. The Kier molecular flexibility index (Phi) is 6.57. The second-order valence-corrected chi connectivity index (χ2v) is 7.16. The van der Waals surface area contributed by atoms with Gasteiger partial charge in [0.1, 0.15) is 5.76 Å². The van der Waals surface area contributed by atoms with E-state index in [2.05, 4.69) is 5.16 Å². The molecule has 2 aromatic rings. The molecule has 0 radical (unpaired) electrons. The van der Waals surface area contributed by atoms with Crippen molar-refractivity contribution in [3.63, 3.8) is 0 Å². The number of likely N-dealkylation sites (tertiary alicyclic amines) is 1. The van der Waals surface area contributed by atoms with Crippen LogP contribution in [0.5, 0.6) is 11.5 Å². The largest absolute Gasteiger partial charge is 0.493 e. The molecule has 0 bridgehead atoms. The maximum Gasteiger partial charge on any atom is 0.223 e. The Labute approximate surface area is 165 Å². The van der Waals surface area contributed by atoms with Crippen LogP contribution in [0.25, 0.3) is 0 Å². The number of carbonyl (C=O) groups is 1. The molecule has 0 N–H and O–H groups in total. The van der Waals surface area contributed by atoms with Crippen LogP contribution in [0.2, 0.25) is 0 Å². The number of aryl methyl sites for hydroxylation is 2. The third kappa shape index (κ3) is 4.65. The number of aromatic nitrogens is 1. The zero-order chi connectivity index (χ0) is 20.1. The van der Waals surface area contributed by atoms with Crippen molar-refractivity contribution in [3.8, 4) is 11.5 Å². The number of methoxy groups -OCH3 is 3. The van der Waals surface area contributed by atoms with Crippen LogP contribution in [0.4, 0.5) is 0 Å². The second kappa shape index (κ2) is 9.10. The molecule has 0 aliphatic carbocycles. The summed E-state index contributed by atoms with van der Waals surface area (Å²) in [6.07, 6.45) is 1.83. The van der Waals surface area contributed by atoms with E-state index in [1.54, 1.807) is 21.3 Å². The van der Waals surface area contributed by atoms with Gasteiger partial charge in [-0.3, -0.25) is 4.79 Å². The minimum Gasteiger partial charge on any atom is -0.493 e. The van der Waals surface area contributed by atoms with E-state index in [1.807, 2.05) is 36.1 Å². The summed E-state index contributed by atoms with van der Waals surface area (Å²) in [7, 11) is 4.91. The van der Waals surface area contributed by atoms with Gasteiger partial charge in [0, 0.05) is 45.0 Å². The highest BCUT2D eigenvalue weighted by Crippen LogP contribution is 2.29. The van der Waals surface area contributed by atoms with E-state index in [0.29, 0.717) is 37.4 Å². The lowest BCUT2D eigenvalue weighted by molar-refractivity contribution is -0.130. The van der Waals surface area contributed by atoms with Gasteiger partial charge in [0.15, 0.2) is 11.5 Å². The van der Waals surface area contributed by atoms with Crippen LogP contribution >= 0.6 is 0 Å². The number of nitrogens with zero attached hydrogens (tertiary/aromatic N) is 2. The molecule has 0 spiro atoms. The zero-order valence-electron chi connectivity index (χ0n) is 16.9. The van der Waals surface area contributed by atoms with E-state index >= 15 is 0 Å². The van der Waals surface area contributed by atoms with E-state index in [9.17, 15) is 4.79 Å². The van der Waals surface area contributed by atoms with Gasteiger partial charge in [0.25, 0.3) is 0 Å². The van der Waals surface area contributed by atoms with Crippen LogP contribution in [-0.4, -0.2) is 56.5 Å². The Morgan fingerprint density at radius 1 is 1.18 bits per heavy atom. The lowest BCUT2D eigenvalue weighted by Gasteiger charge is -2.16. The van der Waals surface area contributed by atoms with E-state index in [4.69, 9.17) is 18.7 Å². The summed E-state index contributed by atoms with van der Waals surface area (Å²) in [5.74, 6) is 2.54. The molecule has 2 heterocycles. The molecule has 7 heteroatoms. The number of hydrogen-bond acceptors (Lipinski definition) is 6. The number of rotatable bonds is 8. The molecular weight excluding hydrogens is 360 g/mol. The lowest BCUT2D eigenvalue weighted by atomic mass is 10.0. The van der Waals surface area contributed by atoms with E-state index in [-0.39, 0.29) is 17.9 Å². The topological polar surface area (TPSA) is 74.0 Å². The maximum absolute atomic E-state index is 12.7. The monoisotopic (exact) mass is 388 g/mol. The van der Waals surface area contributed by atoms with Gasteiger partial charge in [-0.15, -0.1) is 0 Å². The third-order valence-electron chi connectivity index (χ3n) is 5.25. The van der Waals surface area contributed by atoms with Crippen molar-refractivity contribution in [1.82, 2.24) is 10.1 Å². The van der Waals surface area contributed by atoms with E-state index in [0.717, 1.165) is 23.4 Å². The van der Waals surface area contributed by atoms with Gasteiger partial charge in [0.05, 0.1) is 26.0 Å². The predicted octanol–water partition coefficient (Wildman–Crippen LogP) is 2.65. The minimum atomic E-state index is 0.00966. The summed E-state index contributed by atoms with van der Waals surface area (Å²) in [5.41, 5.74) is 1.91. The third-order valence-corrected chi connectivity index (χ3v) is 5.25. The van der Waals surface area contributed by atoms with Crippen molar-refractivity contribution in [2.75, 3.05) is 34.4 Å². The van der Waals surface area contributed by atoms with Gasteiger partial charge in [-0.25, -0.2) is 0 Å². The van der Waals surface area contributed by atoms with Crippen molar-refractivity contribution >= 4 is 5.91 Å². The molecule has 1 fully saturated rings. The highest BCUT2D eigenvalue weighted by atomic mass is 16.5. The average Bonchev–Trinajstić information content (AvgIpc) is 3.31. The highest BCUT2D eigenvalue weighted by molar-refractivity contribution is 5.77. The van der Waals surface area contributed by atoms with Crippen molar-refractivity contribution in [2.24, 2.45) is 5.92 Å². The normalized spacial score (nSPS) is 19.1. The molecule has 1 aromatic heterocycles. The maximum atomic E-state index is 12.7. The first-order chi connectivity index (χ1) is 13.5. The van der Waals surface area contributed by atoms with Gasteiger partial charge in [0.2, 0.25) is 5.91 Å². The number of ether oxygens (including phenoxy) is 3. The summed E-state index contributed by atoms with van der Waals surface area (Å²) < 4.78 is 21.5. The summed E-state index contributed by atoms with van der Waals surface area (Å²) in [4.78, 5) is 14.6. The molecule has 3 rings (SSSR count). The van der Waals surface area contributed by atoms with Crippen LogP contribution in [0.1, 0.15) is 23.4 Å². The smallest absolute Gasteiger partial charge is 0.223 e. The van der Waals surface area contributed by atoms with Crippen molar-refractivity contribution in [1.29, 1.82) is 0 Å². The van der Waals surface area contributed by atoms with Gasteiger partial charge in [-0.2, -0.15) is 0 Å². The molecular formula is C21H28N2O5. The first-order valence-corrected chi connectivity index (χ1v) is 9.47. The lowest BCUT2D eigenvalue weighted by Crippen LogP contribution is -2.30. The molecule has 1 aromatic carbocycles. The number of hydrogen-bond donors (Lipinski definition) is 0. The molecule has 0 unspecified atom stereocenters. The van der Waals surface area contributed by atoms with Crippen LogP contribution in [-0.2, 0) is 22.4 Å². The Balaban J connectivity index is 1.57. The minimum absolute atomic E-state index is 0.00966. The predicted molar refractivity (Wildman–Crippen MR) is 104 cm³/mol. The number of amides is 1. The van der Waals surface area contributed by atoms with E-state index < -0.39 is 0 Å². The molecule has 0 saturated carbocycles. The Morgan fingerprint density at radius 2 is 1.96 bits per heavy atom. The SMILES string of the molecule is COc1ccc(CCC(=O)N2C[C@@H](Cc3cc(C)no3)[C@@H](OC)C2)cc1OC. The van der Waals surface area contributed by atoms with Crippen molar-refractivity contribution in [3.05, 3.63) is 41.3 Å². The molecule has 2 atom stereocenters. The van der Waals surface area contributed by atoms with Crippen LogP contribution in [0, 0.1) is 12.8 Å². The molecule has 7 nitrogen and oxygen atoms in total. The van der Waals surface area contributed by atoms with Gasteiger partial charge in [-0.05, 0) is 31.0 Å². The van der Waals surface area contributed by atoms with Gasteiger partial charge >= 0.3 is 0 Å². The molecule has 28 heavy (non-hydrogen) atoms. The molecule has 152 valence electrons. The van der Waals surface area contributed by atoms with Crippen LogP contribution in [0.3, 0.4) is 0 Å². The fourth-order valence-electron chi connectivity index (χ4n) is 3.72. The summed E-state index contributed by atoms with van der Waals surface area (Å²) >= 11 is 0. The Bertz CT molecular complexity index is 804. The summed E-state index contributed by atoms with van der Waals surface area (Å²) in [5, 5.41) is 3.94. The van der Waals surface area contributed by atoms with Gasteiger partial charge < -0.3 is 23.6 Å². The Hall–Kier alpha value is -2.54. The van der Waals surface area contributed by atoms with Crippen LogP contribution < -0.4 is 9.47 Å². The standard InChI is InChI=1S/C21H28N2O5/c1-14-9-17(28-22-14)11-16-12-23(13-20(16)27-4)21(24)8-6-15-5-7-18(25-2)19(10-15)26-3/h5,7,9-10,16,20H,6,8,11-13H2,1-4H3/t16-,20+/m1/s1. The molecule has 1 saturated heterocycles. The van der Waals surface area contributed by atoms with Crippen LogP contribution in [0.15, 0.2) is 28.8 Å². The fraction of sp³-hybridized carbons (Fsp3) is 0.524. The summed E-state index contributed by atoms with van der Waals surface area (Å²) in [6.45, 7) is 3.18. The molecule has 1 aliphatic rings. The van der Waals surface area contributed by atoms with Crippen molar-refractivity contribution in [2.45, 2.75) is 32.3 Å². The Morgan fingerprint density at radius 3 is 2.61 bits per heavy atom. The van der Waals surface area contributed by atoms with E-state index in [1.165, 1.54) is 0 Å². The first kappa shape index (κ1) is 20.2. The average molecular weight is 388 g/mol. The highest BCUT2D eigenvalue weighted by Gasteiger charge is 2.35. The van der Waals surface area contributed by atoms with Crippen molar-refractivity contribution < 1.29 is 23.5 Å². The summed E-state index contributed by atoms with van der Waals surface area (Å²) in [6, 6.07) is 7.69.